The third kappa shape index (κ3) is 5.78. The number of urea groups is 1. The zero-order chi connectivity index (χ0) is 23.2. The fourth-order valence-electron chi connectivity index (χ4n) is 3.41. The number of rotatable bonds is 9. The molecule has 1 unspecified atom stereocenters. The van der Waals surface area contributed by atoms with Crippen molar-refractivity contribution in [3.8, 4) is 11.5 Å². The Bertz CT molecular complexity index is 1130. The van der Waals surface area contributed by atoms with Crippen molar-refractivity contribution in [2.45, 2.75) is 23.1 Å². The summed E-state index contributed by atoms with van der Waals surface area (Å²) < 4.78 is 25.4. The van der Waals surface area contributed by atoms with Gasteiger partial charge in [-0.25, -0.2) is 9.18 Å². The Balaban J connectivity index is 1.44. The van der Waals surface area contributed by atoms with Gasteiger partial charge in [0.2, 0.25) is 0 Å². The molecule has 1 atom stereocenters. The predicted octanol–water partition coefficient (Wildman–Crippen LogP) is 4.02. The lowest BCUT2D eigenvalue weighted by Gasteiger charge is -2.12. The van der Waals surface area contributed by atoms with E-state index in [-0.39, 0.29) is 16.7 Å². The highest BCUT2D eigenvalue weighted by Gasteiger charge is 2.29. The Morgan fingerprint density at radius 2 is 2.12 bits per heavy atom. The van der Waals surface area contributed by atoms with Gasteiger partial charge in [0.1, 0.15) is 5.75 Å². The van der Waals surface area contributed by atoms with E-state index in [9.17, 15) is 9.18 Å². The van der Waals surface area contributed by atoms with E-state index < -0.39 is 11.8 Å². The number of ether oxygens (including phenoxy) is 2. The number of anilines is 1. The van der Waals surface area contributed by atoms with Crippen LogP contribution >= 0.6 is 11.8 Å². The smallest absolute Gasteiger partial charge is 0.316 e. The van der Waals surface area contributed by atoms with Crippen LogP contribution in [0.25, 0.3) is 0 Å². The average molecular weight is 470 g/mol. The predicted molar refractivity (Wildman–Crippen MR) is 124 cm³/mol. The van der Waals surface area contributed by atoms with Crippen LogP contribution in [0.3, 0.4) is 0 Å². The number of nitrogens with two attached hydrogens (primary N) is 1. The molecule has 33 heavy (non-hydrogen) atoms. The molecule has 0 aliphatic carbocycles. The van der Waals surface area contributed by atoms with Crippen LogP contribution in [0.2, 0.25) is 0 Å². The molecule has 172 valence electrons. The Labute approximate surface area is 195 Å². The number of nitrogens with zero attached hydrogens (tertiary/aromatic N) is 2. The van der Waals surface area contributed by atoms with Gasteiger partial charge in [0, 0.05) is 56.8 Å². The number of hydrogen-bond donors (Lipinski definition) is 3. The molecule has 8 nitrogen and oxygen atoms in total. The van der Waals surface area contributed by atoms with Gasteiger partial charge in [0.05, 0.1) is 28.1 Å². The number of benzene rings is 1. The maximum absolute atomic E-state index is 14.5. The van der Waals surface area contributed by atoms with Crippen LogP contribution in [0, 0.1) is 5.82 Å². The maximum atomic E-state index is 14.5. The van der Waals surface area contributed by atoms with Crippen LogP contribution in [0.1, 0.15) is 22.2 Å². The molecule has 3 aromatic rings. The molecule has 0 saturated heterocycles. The molecule has 2 aromatic heterocycles. The molecular formula is C23H24FN5O3S. The molecule has 1 aromatic carbocycles. The summed E-state index contributed by atoms with van der Waals surface area (Å²) in [5, 5.41) is 5.73. The number of aromatic nitrogens is 2. The van der Waals surface area contributed by atoms with Crippen molar-refractivity contribution in [1.29, 1.82) is 0 Å². The number of fused-ring (bicyclic) bond motifs is 1. The molecule has 10 heteroatoms. The molecule has 0 fully saturated rings. The number of halogens is 1. The number of nitrogens with one attached hydrogen (secondary N) is 2. The highest BCUT2D eigenvalue weighted by Crippen LogP contribution is 2.50. The van der Waals surface area contributed by atoms with Crippen LogP contribution in [0.5, 0.6) is 11.5 Å². The van der Waals surface area contributed by atoms with Crippen molar-refractivity contribution in [3.63, 3.8) is 0 Å². The number of amides is 2. The van der Waals surface area contributed by atoms with E-state index in [0.717, 1.165) is 41.0 Å². The zero-order valence-corrected chi connectivity index (χ0v) is 18.8. The van der Waals surface area contributed by atoms with Gasteiger partial charge in [-0.15, -0.1) is 11.8 Å². The fourth-order valence-corrected chi connectivity index (χ4v) is 4.69. The second-order valence-corrected chi connectivity index (χ2v) is 8.61. The summed E-state index contributed by atoms with van der Waals surface area (Å²) in [5.41, 5.74) is 8.27. The largest absolute Gasteiger partial charge is 0.453 e. The third-order valence-electron chi connectivity index (χ3n) is 4.99. The first-order valence-electron chi connectivity index (χ1n) is 10.4. The first-order chi connectivity index (χ1) is 16.0. The monoisotopic (exact) mass is 469 g/mol. The molecule has 0 saturated carbocycles. The molecule has 1 aliphatic heterocycles. The van der Waals surface area contributed by atoms with Crippen LogP contribution < -0.4 is 21.1 Å². The molecule has 2 amide bonds. The summed E-state index contributed by atoms with van der Waals surface area (Å²) in [6.45, 7) is 2.18. The first kappa shape index (κ1) is 23.0. The number of thioether (sulfide) groups is 1. The van der Waals surface area contributed by atoms with Crippen LogP contribution in [0.15, 0.2) is 53.7 Å². The van der Waals surface area contributed by atoms with Gasteiger partial charge in [-0.2, -0.15) is 0 Å². The number of hydrogen-bond acceptors (Lipinski definition) is 7. The third-order valence-corrected chi connectivity index (χ3v) is 6.36. The van der Waals surface area contributed by atoms with Crippen molar-refractivity contribution in [3.05, 3.63) is 71.6 Å². The molecule has 0 bridgehead atoms. The van der Waals surface area contributed by atoms with Gasteiger partial charge in [0.25, 0.3) is 0 Å². The van der Waals surface area contributed by atoms with Gasteiger partial charge in [-0.05, 0) is 23.8 Å². The van der Waals surface area contributed by atoms with Gasteiger partial charge in [-0.1, -0.05) is 6.07 Å². The highest BCUT2D eigenvalue weighted by molar-refractivity contribution is 8.00. The lowest BCUT2D eigenvalue weighted by Crippen LogP contribution is -2.19. The fraction of sp³-hybridized carbons (Fsp3) is 0.261. The molecule has 0 radical (unpaired) electrons. The quantitative estimate of drug-likeness (QED) is 0.406. The molecular weight excluding hydrogens is 445 g/mol. The second-order valence-electron chi connectivity index (χ2n) is 7.39. The van der Waals surface area contributed by atoms with Gasteiger partial charge < -0.3 is 25.8 Å². The van der Waals surface area contributed by atoms with Crippen LogP contribution in [-0.2, 0) is 17.7 Å². The van der Waals surface area contributed by atoms with E-state index in [1.807, 2.05) is 12.3 Å². The minimum atomic E-state index is -0.763. The molecule has 4 rings (SSSR count). The van der Waals surface area contributed by atoms with Crippen molar-refractivity contribution in [2.24, 2.45) is 5.73 Å². The summed E-state index contributed by atoms with van der Waals surface area (Å²) in [6.07, 6.45) is 4.24. The maximum Gasteiger partial charge on any atom is 0.316 e. The summed E-state index contributed by atoms with van der Waals surface area (Å²) in [6, 6.07) is 9.18. The van der Waals surface area contributed by atoms with Crippen molar-refractivity contribution < 1.29 is 18.7 Å². The van der Waals surface area contributed by atoms with E-state index in [1.165, 1.54) is 12.1 Å². The van der Waals surface area contributed by atoms with E-state index in [0.29, 0.717) is 18.8 Å². The van der Waals surface area contributed by atoms with E-state index in [4.69, 9.17) is 15.2 Å². The van der Waals surface area contributed by atoms with E-state index in [1.54, 1.807) is 31.1 Å². The standard InChI is InChI=1S/C23H24FN5O3S/c1-31-9-8-26-12-14-2-4-17(28-13-14)21-11-18-22(33-21)20(6-7-27-18)32-19-5-3-15(10-16(19)24)29-23(25)30/h2-7,10,13,21,26H,8-9,11-12H2,1H3,(H3,25,29,30). The Kier molecular flexibility index (Phi) is 7.38. The number of primary amides is 1. The lowest BCUT2D eigenvalue weighted by atomic mass is 10.1. The Hall–Kier alpha value is -3.21. The zero-order valence-electron chi connectivity index (χ0n) is 18.0. The number of methoxy groups -OCH3 is 1. The highest BCUT2D eigenvalue weighted by atomic mass is 32.2. The molecule has 1 aliphatic rings. The van der Waals surface area contributed by atoms with E-state index >= 15 is 0 Å². The minimum absolute atomic E-state index is 0.0471. The summed E-state index contributed by atoms with van der Waals surface area (Å²) in [4.78, 5) is 20.9. The van der Waals surface area contributed by atoms with Gasteiger partial charge >= 0.3 is 6.03 Å². The van der Waals surface area contributed by atoms with Crippen molar-refractivity contribution in [1.82, 2.24) is 15.3 Å². The SMILES string of the molecule is COCCNCc1ccc(C2Cc3nccc(Oc4ccc(NC(N)=O)cc4F)c3S2)nc1. The number of carbonyl (C=O) groups excluding carboxylic acids is 1. The first-order valence-corrected chi connectivity index (χ1v) is 11.2. The summed E-state index contributed by atoms with van der Waals surface area (Å²) in [7, 11) is 1.68. The Morgan fingerprint density at radius 3 is 2.85 bits per heavy atom. The summed E-state index contributed by atoms with van der Waals surface area (Å²) in [5.74, 6) is -0.0328. The van der Waals surface area contributed by atoms with E-state index in [2.05, 4.69) is 26.7 Å². The van der Waals surface area contributed by atoms with Crippen molar-refractivity contribution in [2.75, 3.05) is 25.6 Å². The van der Waals surface area contributed by atoms with Crippen molar-refractivity contribution >= 4 is 23.5 Å². The molecule has 3 heterocycles. The van der Waals surface area contributed by atoms with Crippen LogP contribution in [0.4, 0.5) is 14.9 Å². The normalized spacial score (nSPS) is 14.7. The molecule has 0 spiro atoms. The summed E-state index contributed by atoms with van der Waals surface area (Å²) >= 11 is 1.60. The van der Waals surface area contributed by atoms with Gasteiger partial charge in [0.15, 0.2) is 11.6 Å². The van der Waals surface area contributed by atoms with Crippen LogP contribution in [-0.4, -0.2) is 36.3 Å². The number of carbonyl (C=O) groups is 1. The van der Waals surface area contributed by atoms with Gasteiger partial charge in [-0.3, -0.25) is 9.97 Å². The Morgan fingerprint density at radius 1 is 1.24 bits per heavy atom. The lowest BCUT2D eigenvalue weighted by molar-refractivity contribution is 0.199. The average Bonchev–Trinajstić information content (AvgIpc) is 3.24. The topological polar surface area (TPSA) is 111 Å². The second kappa shape index (κ2) is 10.6. The number of pyridine rings is 2. The molecule has 4 N–H and O–H groups in total. The minimum Gasteiger partial charge on any atom is -0.453 e.